The number of hydrogen-bond donors (Lipinski definition) is 2. The molecule has 0 aliphatic rings. The summed E-state index contributed by atoms with van der Waals surface area (Å²) >= 11 is 0. The predicted molar refractivity (Wildman–Crippen MR) is 62.9 cm³/mol. The third-order valence-electron chi connectivity index (χ3n) is 1.95. The van der Waals surface area contributed by atoms with Crippen molar-refractivity contribution in [3.05, 3.63) is 41.2 Å². The monoisotopic (exact) mass is 246 g/mol. The van der Waals surface area contributed by atoms with Gasteiger partial charge in [0.1, 0.15) is 12.1 Å². The summed E-state index contributed by atoms with van der Waals surface area (Å²) in [6, 6.07) is 5.14. The number of aromatic nitrogens is 4. The van der Waals surface area contributed by atoms with E-state index in [4.69, 9.17) is 0 Å². The fourth-order valence-corrected chi connectivity index (χ4v) is 1.19. The van der Waals surface area contributed by atoms with Crippen LogP contribution >= 0.6 is 0 Å². The molecular weight excluding hydrogens is 236 g/mol. The molecule has 0 bridgehead atoms. The lowest BCUT2D eigenvalue weighted by Gasteiger charge is -2.06. The molecule has 0 saturated heterocycles. The van der Waals surface area contributed by atoms with Gasteiger partial charge in [0, 0.05) is 13.1 Å². The number of amides is 1. The van der Waals surface area contributed by atoms with Gasteiger partial charge in [0.2, 0.25) is 11.9 Å². The smallest absolute Gasteiger partial charge is 0.274 e. The van der Waals surface area contributed by atoms with Crippen LogP contribution in [0.2, 0.25) is 0 Å². The topological polar surface area (TPSA) is 102 Å². The van der Waals surface area contributed by atoms with Crippen molar-refractivity contribution in [2.45, 2.75) is 6.92 Å². The Hall–Kier alpha value is -2.77. The number of rotatable bonds is 3. The molecule has 2 aromatic rings. The largest absolute Gasteiger partial charge is 0.357 e. The Morgan fingerprint density at radius 3 is 2.78 bits per heavy atom. The van der Waals surface area contributed by atoms with Gasteiger partial charge in [-0.1, -0.05) is 6.07 Å². The molecule has 8 heteroatoms. The van der Waals surface area contributed by atoms with Crippen molar-refractivity contribution in [2.75, 3.05) is 5.43 Å². The van der Waals surface area contributed by atoms with Crippen LogP contribution in [0, 0.1) is 0 Å². The molecule has 18 heavy (non-hydrogen) atoms. The number of nitrogens with zero attached hydrogens (tertiary/aromatic N) is 4. The summed E-state index contributed by atoms with van der Waals surface area (Å²) in [5.74, 6) is 0.128. The van der Waals surface area contributed by atoms with Gasteiger partial charge in [-0.15, -0.1) is 0 Å². The van der Waals surface area contributed by atoms with Gasteiger partial charge in [-0.2, -0.15) is 4.98 Å². The third kappa shape index (κ3) is 2.67. The molecule has 1 amide bonds. The molecule has 92 valence electrons. The van der Waals surface area contributed by atoms with Crippen LogP contribution in [0.25, 0.3) is 5.82 Å². The van der Waals surface area contributed by atoms with Crippen LogP contribution in [0.15, 0.2) is 35.5 Å². The lowest BCUT2D eigenvalue weighted by molar-refractivity contribution is -0.118. The molecule has 0 fully saturated rings. The zero-order valence-electron chi connectivity index (χ0n) is 9.49. The summed E-state index contributed by atoms with van der Waals surface area (Å²) in [6.07, 6.45) is 2.84. The molecule has 0 aliphatic heterocycles. The van der Waals surface area contributed by atoms with E-state index in [9.17, 15) is 9.59 Å². The summed E-state index contributed by atoms with van der Waals surface area (Å²) in [4.78, 5) is 33.9. The van der Waals surface area contributed by atoms with Crippen LogP contribution in [-0.4, -0.2) is 25.4 Å². The molecule has 2 heterocycles. The molecule has 2 rings (SSSR count). The minimum atomic E-state index is -0.545. The number of hydrazine groups is 1. The Labute approximate surface area is 102 Å². The Balaban J connectivity index is 2.26. The van der Waals surface area contributed by atoms with Gasteiger partial charge in [-0.3, -0.25) is 15.6 Å². The van der Waals surface area contributed by atoms with Crippen LogP contribution in [0.3, 0.4) is 0 Å². The SMILES string of the molecule is CC(=O)NNc1ncn(-c2ccccn2)c(=O)n1. The second-order valence-corrected chi connectivity index (χ2v) is 3.33. The van der Waals surface area contributed by atoms with Crippen molar-refractivity contribution < 1.29 is 4.79 Å². The number of anilines is 1. The summed E-state index contributed by atoms with van der Waals surface area (Å²) in [5, 5.41) is 0. The fraction of sp³-hybridized carbons (Fsp3) is 0.100. The number of hydrogen-bond acceptors (Lipinski definition) is 6. The second-order valence-electron chi connectivity index (χ2n) is 3.33. The number of pyridine rings is 1. The highest BCUT2D eigenvalue weighted by atomic mass is 16.2. The first-order valence-corrected chi connectivity index (χ1v) is 5.06. The molecule has 0 aliphatic carbocycles. The molecule has 2 aromatic heterocycles. The van der Waals surface area contributed by atoms with E-state index in [0.29, 0.717) is 5.82 Å². The van der Waals surface area contributed by atoms with Crippen molar-refractivity contribution in [1.82, 2.24) is 24.9 Å². The van der Waals surface area contributed by atoms with Crippen molar-refractivity contribution >= 4 is 11.9 Å². The zero-order chi connectivity index (χ0) is 13.0. The van der Waals surface area contributed by atoms with Gasteiger partial charge >= 0.3 is 5.69 Å². The summed E-state index contributed by atoms with van der Waals surface area (Å²) < 4.78 is 1.19. The molecule has 0 saturated carbocycles. The highest BCUT2D eigenvalue weighted by Crippen LogP contribution is 1.98. The molecule has 0 radical (unpaired) electrons. The molecule has 0 spiro atoms. The summed E-state index contributed by atoms with van der Waals surface area (Å²) in [6.45, 7) is 1.32. The molecule has 0 aromatic carbocycles. The van der Waals surface area contributed by atoms with E-state index in [1.807, 2.05) is 0 Å². The lowest BCUT2D eigenvalue weighted by atomic mass is 10.5. The normalized spacial score (nSPS) is 9.83. The first-order chi connectivity index (χ1) is 8.66. The van der Waals surface area contributed by atoms with Gasteiger partial charge in [-0.25, -0.2) is 19.3 Å². The zero-order valence-corrected chi connectivity index (χ0v) is 9.49. The van der Waals surface area contributed by atoms with E-state index in [1.54, 1.807) is 24.4 Å². The predicted octanol–water partition coefficient (Wildman–Crippen LogP) is -0.515. The molecule has 0 unspecified atom stereocenters. The maximum atomic E-state index is 11.7. The van der Waals surface area contributed by atoms with Gasteiger partial charge in [0.15, 0.2) is 0 Å². The van der Waals surface area contributed by atoms with Crippen LogP contribution < -0.4 is 16.5 Å². The Kier molecular flexibility index (Phi) is 3.28. The van der Waals surface area contributed by atoms with E-state index in [-0.39, 0.29) is 11.9 Å². The van der Waals surface area contributed by atoms with Gasteiger partial charge in [0.25, 0.3) is 0 Å². The Morgan fingerprint density at radius 2 is 2.17 bits per heavy atom. The lowest BCUT2D eigenvalue weighted by Crippen LogP contribution is -2.31. The Bertz CT molecular complexity index is 609. The van der Waals surface area contributed by atoms with Crippen LogP contribution in [-0.2, 0) is 4.79 Å². The van der Waals surface area contributed by atoms with Crippen LogP contribution in [0.4, 0.5) is 5.95 Å². The van der Waals surface area contributed by atoms with Crippen molar-refractivity contribution in [1.29, 1.82) is 0 Å². The van der Waals surface area contributed by atoms with E-state index in [2.05, 4.69) is 25.8 Å². The number of nitrogens with one attached hydrogen (secondary N) is 2. The first-order valence-electron chi connectivity index (χ1n) is 5.06. The number of carbonyl (C=O) groups is 1. The van der Waals surface area contributed by atoms with Crippen LogP contribution in [0.1, 0.15) is 6.92 Å². The summed E-state index contributed by atoms with van der Waals surface area (Å²) in [5.41, 5.74) is 4.13. The van der Waals surface area contributed by atoms with Crippen LogP contribution in [0.5, 0.6) is 0 Å². The molecule has 2 N–H and O–H groups in total. The highest BCUT2D eigenvalue weighted by molar-refractivity contribution is 5.73. The average molecular weight is 246 g/mol. The fourth-order valence-electron chi connectivity index (χ4n) is 1.19. The van der Waals surface area contributed by atoms with E-state index in [0.717, 1.165) is 0 Å². The minimum Gasteiger partial charge on any atom is -0.274 e. The number of carbonyl (C=O) groups excluding carboxylic acids is 1. The standard InChI is InChI=1S/C10H10N6O2/c1-7(17)14-15-9-12-6-16(10(18)13-9)8-4-2-3-5-11-8/h2-6H,1H3,(H,14,17)(H,13,15,18). The van der Waals surface area contributed by atoms with Crippen molar-refractivity contribution in [2.24, 2.45) is 0 Å². The Morgan fingerprint density at radius 1 is 1.33 bits per heavy atom. The maximum Gasteiger partial charge on any atom is 0.357 e. The molecule has 0 atom stereocenters. The molecule has 8 nitrogen and oxygen atoms in total. The van der Waals surface area contributed by atoms with Crippen molar-refractivity contribution in [3.8, 4) is 5.82 Å². The highest BCUT2D eigenvalue weighted by Gasteiger charge is 2.04. The van der Waals surface area contributed by atoms with Gasteiger partial charge < -0.3 is 0 Å². The average Bonchev–Trinajstić information content (AvgIpc) is 2.37. The summed E-state index contributed by atoms with van der Waals surface area (Å²) in [7, 11) is 0. The third-order valence-corrected chi connectivity index (χ3v) is 1.95. The minimum absolute atomic E-state index is 0.0161. The van der Waals surface area contributed by atoms with Crippen molar-refractivity contribution in [3.63, 3.8) is 0 Å². The quantitative estimate of drug-likeness (QED) is 0.707. The van der Waals surface area contributed by atoms with E-state index >= 15 is 0 Å². The van der Waals surface area contributed by atoms with E-state index < -0.39 is 5.69 Å². The maximum absolute atomic E-state index is 11.7. The first kappa shape index (κ1) is 11.7. The second kappa shape index (κ2) is 5.04. The van der Waals surface area contributed by atoms with Gasteiger partial charge in [0.05, 0.1) is 0 Å². The van der Waals surface area contributed by atoms with Gasteiger partial charge in [-0.05, 0) is 12.1 Å². The van der Waals surface area contributed by atoms with E-state index in [1.165, 1.54) is 17.8 Å². The molecular formula is C10H10N6O2.